The number of ether oxygens (including phenoxy) is 1. The minimum absolute atomic E-state index is 0.0325. The van der Waals surface area contributed by atoms with Gasteiger partial charge in [0, 0.05) is 16.5 Å². The molecule has 2 heteroatoms. The Labute approximate surface area is 115 Å². The molecule has 2 rings (SSSR count). The van der Waals surface area contributed by atoms with E-state index in [-0.39, 0.29) is 10.8 Å². The van der Waals surface area contributed by atoms with Gasteiger partial charge < -0.3 is 4.74 Å². The zero-order valence-corrected chi connectivity index (χ0v) is 12.4. The van der Waals surface area contributed by atoms with E-state index in [2.05, 4.69) is 34.6 Å². The number of hydrogen-bond donors (Lipinski definition) is 0. The molecule has 0 spiro atoms. The number of benzene rings is 1. The number of carbonyl (C=O) groups is 1. The maximum atomic E-state index is 10.9. The summed E-state index contributed by atoms with van der Waals surface area (Å²) in [5.74, 6) is 0.946. The maximum Gasteiger partial charge on any atom is 0.150 e. The Morgan fingerprint density at radius 2 is 1.95 bits per heavy atom. The smallest absolute Gasteiger partial charge is 0.150 e. The van der Waals surface area contributed by atoms with Gasteiger partial charge in [0.25, 0.3) is 0 Å². The van der Waals surface area contributed by atoms with E-state index >= 15 is 0 Å². The standard InChI is InChI=1S/C17H22O2/c1-16(2,3)15-14(19-11-17(15,4)5)13-8-6-7-12(9-13)10-18/h6-10H,11H2,1-5H3. The van der Waals surface area contributed by atoms with Gasteiger partial charge in [0.05, 0.1) is 6.61 Å². The molecule has 0 saturated carbocycles. The Kier molecular flexibility index (Phi) is 3.29. The molecule has 102 valence electrons. The molecule has 0 aliphatic carbocycles. The van der Waals surface area contributed by atoms with Crippen molar-refractivity contribution in [1.29, 1.82) is 0 Å². The van der Waals surface area contributed by atoms with Crippen LogP contribution in [0, 0.1) is 10.8 Å². The van der Waals surface area contributed by atoms with Gasteiger partial charge in [0.2, 0.25) is 0 Å². The van der Waals surface area contributed by atoms with Crippen molar-refractivity contribution in [1.82, 2.24) is 0 Å². The summed E-state index contributed by atoms with van der Waals surface area (Å²) in [6.45, 7) is 11.8. The first-order chi connectivity index (χ1) is 8.75. The van der Waals surface area contributed by atoms with Gasteiger partial charge in [-0.1, -0.05) is 52.8 Å². The van der Waals surface area contributed by atoms with Gasteiger partial charge in [0.1, 0.15) is 12.0 Å². The van der Waals surface area contributed by atoms with Gasteiger partial charge in [-0.2, -0.15) is 0 Å². The predicted octanol–water partition coefficient (Wildman–Crippen LogP) is 4.31. The molecule has 2 nitrogen and oxygen atoms in total. The molecule has 0 N–H and O–H groups in total. The summed E-state index contributed by atoms with van der Waals surface area (Å²) >= 11 is 0. The maximum absolute atomic E-state index is 10.9. The third kappa shape index (κ3) is 2.58. The van der Waals surface area contributed by atoms with Crippen LogP contribution < -0.4 is 0 Å². The zero-order chi connectivity index (χ0) is 14.3. The number of hydrogen-bond acceptors (Lipinski definition) is 2. The minimum Gasteiger partial charge on any atom is -0.492 e. The predicted molar refractivity (Wildman–Crippen MR) is 77.9 cm³/mol. The van der Waals surface area contributed by atoms with Gasteiger partial charge in [-0.05, 0) is 17.1 Å². The summed E-state index contributed by atoms with van der Waals surface area (Å²) in [5, 5.41) is 0. The van der Waals surface area contributed by atoms with Crippen LogP contribution >= 0.6 is 0 Å². The molecule has 0 saturated heterocycles. The highest BCUT2D eigenvalue weighted by Crippen LogP contribution is 2.49. The first kappa shape index (κ1) is 13.9. The molecule has 1 aliphatic heterocycles. The topological polar surface area (TPSA) is 26.3 Å². The molecule has 0 bridgehead atoms. The van der Waals surface area contributed by atoms with Crippen molar-refractivity contribution in [2.45, 2.75) is 34.6 Å². The summed E-state index contributed by atoms with van der Waals surface area (Å²) < 4.78 is 5.96. The highest BCUT2D eigenvalue weighted by atomic mass is 16.5. The molecule has 0 aromatic heterocycles. The normalized spacial score (nSPS) is 18.4. The minimum atomic E-state index is 0.0325. The van der Waals surface area contributed by atoms with Crippen molar-refractivity contribution < 1.29 is 9.53 Å². The van der Waals surface area contributed by atoms with E-state index in [1.54, 1.807) is 0 Å². The van der Waals surface area contributed by atoms with E-state index in [1.165, 1.54) is 5.57 Å². The van der Waals surface area contributed by atoms with Crippen molar-refractivity contribution in [3.8, 4) is 0 Å². The van der Waals surface area contributed by atoms with Crippen molar-refractivity contribution in [2.75, 3.05) is 6.61 Å². The third-order valence-corrected chi connectivity index (χ3v) is 3.52. The average molecular weight is 258 g/mol. The van der Waals surface area contributed by atoms with Gasteiger partial charge in [-0.25, -0.2) is 0 Å². The Balaban J connectivity index is 2.60. The second-order valence-electron chi connectivity index (χ2n) is 6.87. The van der Waals surface area contributed by atoms with Gasteiger partial charge in [0.15, 0.2) is 0 Å². The zero-order valence-electron chi connectivity index (χ0n) is 12.4. The Hall–Kier alpha value is -1.57. The van der Waals surface area contributed by atoms with Crippen LogP contribution in [0.2, 0.25) is 0 Å². The van der Waals surface area contributed by atoms with Crippen molar-refractivity contribution in [3.63, 3.8) is 0 Å². The Bertz CT molecular complexity index is 530. The molecule has 0 fully saturated rings. The highest BCUT2D eigenvalue weighted by molar-refractivity contribution is 5.78. The van der Waals surface area contributed by atoms with E-state index in [0.717, 1.165) is 17.6 Å². The van der Waals surface area contributed by atoms with Crippen molar-refractivity contribution >= 4 is 12.0 Å². The highest BCUT2D eigenvalue weighted by Gasteiger charge is 2.41. The second-order valence-corrected chi connectivity index (χ2v) is 6.87. The molecule has 0 radical (unpaired) electrons. The molecule has 0 unspecified atom stereocenters. The van der Waals surface area contributed by atoms with Crippen LogP contribution in [0.25, 0.3) is 5.76 Å². The van der Waals surface area contributed by atoms with Crippen LogP contribution in [0.15, 0.2) is 29.8 Å². The summed E-state index contributed by atoms with van der Waals surface area (Å²) in [5.41, 5.74) is 3.09. The molecular formula is C17H22O2. The third-order valence-electron chi connectivity index (χ3n) is 3.52. The lowest BCUT2D eigenvalue weighted by Gasteiger charge is -2.30. The largest absolute Gasteiger partial charge is 0.492 e. The lowest BCUT2D eigenvalue weighted by molar-refractivity contribution is 0.112. The van der Waals surface area contributed by atoms with E-state index in [4.69, 9.17) is 4.74 Å². The van der Waals surface area contributed by atoms with Crippen molar-refractivity contribution in [3.05, 3.63) is 41.0 Å². The fourth-order valence-corrected chi connectivity index (χ4v) is 3.04. The van der Waals surface area contributed by atoms with Gasteiger partial charge >= 0.3 is 0 Å². The van der Waals surface area contributed by atoms with E-state index < -0.39 is 0 Å². The van der Waals surface area contributed by atoms with Crippen LogP contribution in [0.4, 0.5) is 0 Å². The molecule has 0 atom stereocenters. The first-order valence-electron chi connectivity index (χ1n) is 6.69. The quantitative estimate of drug-likeness (QED) is 0.739. The molecule has 1 heterocycles. The Morgan fingerprint density at radius 1 is 1.26 bits per heavy atom. The molecule has 19 heavy (non-hydrogen) atoms. The lowest BCUT2D eigenvalue weighted by atomic mass is 9.71. The molecule has 1 aromatic carbocycles. The van der Waals surface area contributed by atoms with Crippen LogP contribution in [-0.4, -0.2) is 12.9 Å². The second kappa shape index (κ2) is 4.52. The lowest BCUT2D eigenvalue weighted by Crippen LogP contribution is -2.24. The molecular weight excluding hydrogens is 236 g/mol. The Morgan fingerprint density at radius 3 is 2.53 bits per heavy atom. The van der Waals surface area contributed by atoms with Crippen molar-refractivity contribution in [2.24, 2.45) is 10.8 Å². The average Bonchev–Trinajstić information content (AvgIpc) is 2.65. The summed E-state index contributed by atoms with van der Waals surface area (Å²) in [7, 11) is 0. The van der Waals surface area contributed by atoms with E-state index in [0.29, 0.717) is 12.2 Å². The first-order valence-corrected chi connectivity index (χ1v) is 6.69. The summed E-state index contributed by atoms with van der Waals surface area (Å²) in [6, 6.07) is 7.62. The summed E-state index contributed by atoms with van der Waals surface area (Å²) in [4.78, 5) is 10.9. The molecule has 1 aromatic rings. The van der Waals surface area contributed by atoms with Crippen LogP contribution in [-0.2, 0) is 4.74 Å². The monoisotopic (exact) mass is 258 g/mol. The number of aldehydes is 1. The van der Waals surface area contributed by atoms with Gasteiger partial charge in [-0.15, -0.1) is 0 Å². The molecule has 1 aliphatic rings. The number of rotatable bonds is 2. The molecule has 0 amide bonds. The fraction of sp³-hybridized carbons (Fsp3) is 0.471. The fourth-order valence-electron chi connectivity index (χ4n) is 3.04. The van der Waals surface area contributed by atoms with Crippen LogP contribution in [0.1, 0.15) is 50.5 Å². The van der Waals surface area contributed by atoms with Crippen LogP contribution in [0.3, 0.4) is 0 Å². The number of carbonyl (C=O) groups excluding carboxylic acids is 1. The van der Waals surface area contributed by atoms with E-state index in [9.17, 15) is 4.79 Å². The van der Waals surface area contributed by atoms with E-state index in [1.807, 2.05) is 24.3 Å². The van der Waals surface area contributed by atoms with Gasteiger partial charge in [-0.3, -0.25) is 4.79 Å². The summed E-state index contributed by atoms with van der Waals surface area (Å²) in [6.07, 6.45) is 0.876. The SMILES string of the molecule is CC(C)(C)C1=C(c2cccc(C=O)c2)OCC1(C)C. The van der Waals surface area contributed by atoms with Crippen LogP contribution in [0.5, 0.6) is 0 Å².